The molecular weight excluding hydrogens is 324 g/mol. The molecule has 0 fully saturated rings. The van der Waals surface area contributed by atoms with Gasteiger partial charge >= 0.3 is 6.01 Å². The summed E-state index contributed by atoms with van der Waals surface area (Å²) in [6.07, 6.45) is 3.62. The first kappa shape index (κ1) is 16.8. The van der Waals surface area contributed by atoms with Gasteiger partial charge in [-0.25, -0.2) is 9.97 Å². The Labute approximate surface area is 144 Å². The standard InChI is InChI=1S/C17H18N4O4/c1-24-9-16(23)20-11-3-4-12-13(6-15(22)21-14(12)5-11)10-7-18-17(25-2)19-8-10/h3-5,7-8,13H,6,9H2,1-2H3,(H,20,23)(H,21,22)/t13-/m0/s1. The van der Waals surface area contributed by atoms with Gasteiger partial charge in [-0.05, 0) is 23.3 Å². The second-order valence-electron chi connectivity index (χ2n) is 5.59. The van der Waals surface area contributed by atoms with Gasteiger partial charge in [-0.1, -0.05) is 6.07 Å². The molecule has 3 rings (SSSR count). The molecule has 1 aliphatic heterocycles. The van der Waals surface area contributed by atoms with Gasteiger partial charge in [0.25, 0.3) is 0 Å². The molecule has 2 amide bonds. The minimum atomic E-state index is -0.260. The topological polar surface area (TPSA) is 102 Å². The van der Waals surface area contributed by atoms with E-state index >= 15 is 0 Å². The third-order valence-corrected chi connectivity index (χ3v) is 3.88. The second kappa shape index (κ2) is 7.27. The minimum absolute atomic E-state index is 0.0325. The van der Waals surface area contributed by atoms with Crippen molar-refractivity contribution in [2.75, 3.05) is 31.5 Å². The monoisotopic (exact) mass is 342 g/mol. The number of ether oxygens (including phenoxy) is 2. The number of aromatic nitrogens is 2. The molecular formula is C17H18N4O4. The van der Waals surface area contributed by atoms with Crippen molar-refractivity contribution < 1.29 is 19.1 Å². The molecule has 2 N–H and O–H groups in total. The number of anilines is 2. The molecule has 1 aromatic heterocycles. The average Bonchev–Trinajstić information content (AvgIpc) is 2.61. The molecule has 0 aliphatic carbocycles. The number of nitrogens with zero attached hydrogens (tertiary/aromatic N) is 2. The molecule has 2 heterocycles. The van der Waals surface area contributed by atoms with Crippen molar-refractivity contribution in [3.8, 4) is 6.01 Å². The van der Waals surface area contributed by atoms with Gasteiger partial charge in [0.2, 0.25) is 11.8 Å². The molecule has 0 radical (unpaired) electrons. The van der Waals surface area contributed by atoms with Gasteiger partial charge in [0.05, 0.1) is 7.11 Å². The summed E-state index contributed by atoms with van der Waals surface area (Å²) in [6.45, 7) is -0.0325. The molecule has 8 heteroatoms. The lowest BCUT2D eigenvalue weighted by Crippen LogP contribution is -2.24. The molecule has 0 bridgehead atoms. The molecule has 8 nitrogen and oxygen atoms in total. The average molecular weight is 342 g/mol. The Morgan fingerprint density at radius 2 is 2.08 bits per heavy atom. The van der Waals surface area contributed by atoms with E-state index in [1.165, 1.54) is 14.2 Å². The Bertz CT molecular complexity index is 792. The lowest BCUT2D eigenvalue weighted by atomic mass is 9.86. The Balaban J connectivity index is 1.89. The molecule has 1 atom stereocenters. The van der Waals surface area contributed by atoms with E-state index in [1.54, 1.807) is 24.5 Å². The molecule has 0 spiro atoms. The normalized spacial score (nSPS) is 15.9. The Kier molecular flexibility index (Phi) is 4.90. The minimum Gasteiger partial charge on any atom is -0.467 e. The number of carbonyl (C=O) groups is 2. The van der Waals surface area contributed by atoms with Crippen LogP contribution in [-0.4, -0.2) is 42.6 Å². The van der Waals surface area contributed by atoms with Crippen molar-refractivity contribution in [1.82, 2.24) is 9.97 Å². The van der Waals surface area contributed by atoms with E-state index in [1.807, 2.05) is 6.07 Å². The van der Waals surface area contributed by atoms with Crippen LogP contribution in [0, 0.1) is 0 Å². The summed E-state index contributed by atoms with van der Waals surface area (Å²) in [5.74, 6) is -0.517. The second-order valence-corrected chi connectivity index (χ2v) is 5.59. The molecule has 2 aromatic rings. The third kappa shape index (κ3) is 3.74. The highest BCUT2D eigenvalue weighted by Gasteiger charge is 2.27. The summed E-state index contributed by atoms with van der Waals surface area (Å²) in [6, 6.07) is 5.69. The van der Waals surface area contributed by atoms with Crippen LogP contribution in [0.25, 0.3) is 0 Å². The summed E-state index contributed by atoms with van der Waals surface area (Å²) in [5, 5.41) is 5.56. The number of carbonyl (C=O) groups excluding carboxylic acids is 2. The maximum Gasteiger partial charge on any atom is 0.316 e. The lowest BCUT2D eigenvalue weighted by Gasteiger charge is -2.26. The van der Waals surface area contributed by atoms with E-state index in [-0.39, 0.29) is 30.3 Å². The van der Waals surface area contributed by atoms with Crippen molar-refractivity contribution in [3.63, 3.8) is 0 Å². The van der Waals surface area contributed by atoms with Crippen LogP contribution in [0.15, 0.2) is 30.6 Å². The number of nitrogens with one attached hydrogen (secondary N) is 2. The van der Waals surface area contributed by atoms with Crippen molar-refractivity contribution in [1.29, 1.82) is 0 Å². The highest BCUT2D eigenvalue weighted by atomic mass is 16.5. The van der Waals surface area contributed by atoms with Gasteiger partial charge < -0.3 is 20.1 Å². The summed E-state index contributed by atoms with van der Waals surface area (Å²) >= 11 is 0. The highest BCUT2D eigenvalue weighted by molar-refractivity contribution is 5.97. The van der Waals surface area contributed by atoms with Crippen LogP contribution in [0.5, 0.6) is 6.01 Å². The van der Waals surface area contributed by atoms with Crippen molar-refractivity contribution in [2.24, 2.45) is 0 Å². The lowest BCUT2D eigenvalue weighted by molar-refractivity contribution is -0.119. The summed E-state index contributed by atoms with van der Waals surface area (Å²) in [5.41, 5.74) is 3.02. The number of hydrogen-bond donors (Lipinski definition) is 2. The van der Waals surface area contributed by atoms with E-state index in [0.717, 1.165) is 11.1 Å². The largest absolute Gasteiger partial charge is 0.467 e. The predicted octanol–water partition coefficient (Wildman–Crippen LogP) is 1.54. The first-order valence-corrected chi connectivity index (χ1v) is 7.69. The first-order valence-electron chi connectivity index (χ1n) is 7.69. The number of benzene rings is 1. The zero-order valence-corrected chi connectivity index (χ0v) is 13.9. The van der Waals surface area contributed by atoms with E-state index in [9.17, 15) is 9.59 Å². The fourth-order valence-corrected chi connectivity index (χ4v) is 2.78. The van der Waals surface area contributed by atoms with Gasteiger partial charge in [0.15, 0.2) is 0 Å². The first-order chi connectivity index (χ1) is 12.1. The van der Waals surface area contributed by atoms with Crippen LogP contribution in [0.4, 0.5) is 11.4 Å². The van der Waals surface area contributed by atoms with Crippen LogP contribution in [-0.2, 0) is 14.3 Å². The van der Waals surface area contributed by atoms with Crippen molar-refractivity contribution in [2.45, 2.75) is 12.3 Å². The number of rotatable bonds is 5. The van der Waals surface area contributed by atoms with Crippen molar-refractivity contribution >= 4 is 23.2 Å². The Morgan fingerprint density at radius 1 is 1.32 bits per heavy atom. The zero-order chi connectivity index (χ0) is 17.8. The molecule has 1 aromatic carbocycles. The van der Waals surface area contributed by atoms with E-state index in [4.69, 9.17) is 9.47 Å². The maximum atomic E-state index is 12.1. The van der Waals surface area contributed by atoms with Crippen LogP contribution >= 0.6 is 0 Å². The number of methoxy groups -OCH3 is 2. The third-order valence-electron chi connectivity index (χ3n) is 3.88. The van der Waals surface area contributed by atoms with Gasteiger partial charge in [-0.3, -0.25) is 9.59 Å². The molecule has 25 heavy (non-hydrogen) atoms. The molecule has 1 aliphatic rings. The van der Waals surface area contributed by atoms with Gasteiger partial charge in [-0.15, -0.1) is 0 Å². The van der Waals surface area contributed by atoms with Gasteiger partial charge in [0.1, 0.15) is 6.61 Å². The van der Waals surface area contributed by atoms with Gasteiger partial charge in [-0.2, -0.15) is 0 Å². The molecule has 0 unspecified atom stereocenters. The smallest absolute Gasteiger partial charge is 0.316 e. The Morgan fingerprint density at radius 3 is 2.76 bits per heavy atom. The SMILES string of the molecule is COCC(=O)Nc1ccc2c(c1)NC(=O)C[C@H]2c1cnc(OC)nc1. The Hall–Kier alpha value is -3.00. The summed E-state index contributed by atoms with van der Waals surface area (Å²) < 4.78 is 9.76. The fraction of sp³-hybridized carbons (Fsp3) is 0.294. The van der Waals surface area contributed by atoms with Crippen LogP contribution in [0.3, 0.4) is 0 Å². The molecule has 0 saturated heterocycles. The molecule has 130 valence electrons. The van der Waals surface area contributed by atoms with E-state index in [2.05, 4.69) is 20.6 Å². The van der Waals surface area contributed by atoms with Gasteiger partial charge in [0, 0.05) is 43.2 Å². The maximum absolute atomic E-state index is 12.1. The van der Waals surface area contributed by atoms with E-state index < -0.39 is 0 Å². The quantitative estimate of drug-likeness (QED) is 0.854. The van der Waals surface area contributed by atoms with Crippen LogP contribution in [0.1, 0.15) is 23.5 Å². The number of hydrogen-bond acceptors (Lipinski definition) is 6. The summed E-state index contributed by atoms with van der Waals surface area (Å²) in [4.78, 5) is 31.9. The van der Waals surface area contributed by atoms with Crippen LogP contribution < -0.4 is 15.4 Å². The number of fused-ring (bicyclic) bond motifs is 1. The fourth-order valence-electron chi connectivity index (χ4n) is 2.78. The zero-order valence-electron chi connectivity index (χ0n) is 13.9. The predicted molar refractivity (Wildman–Crippen MR) is 90.6 cm³/mol. The molecule has 0 saturated carbocycles. The van der Waals surface area contributed by atoms with E-state index in [0.29, 0.717) is 17.8 Å². The van der Waals surface area contributed by atoms with Crippen LogP contribution in [0.2, 0.25) is 0 Å². The highest BCUT2D eigenvalue weighted by Crippen LogP contribution is 2.38. The van der Waals surface area contributed by atoms with Crippen molar-refractivity contribution in [3.05, 3.63) is 41.7 Å². The number of amides is 2. The summed E-state index contributed by atoms with van der Waals surface area (Å²) in [7, 11) is 2.95.